The van der Waals surface area contributed by atoms with Gasteiger partial charge in [-0.15, -0.1) is 0 Å². The van der Waals surface area contributed by atoms with Crippen molar-refractivity contribution in [2.75, 3.05) is 13.2 Å². The smallest absolute Gasteiger partial charge is 0.0480 e. The molecule has 1 aliphatic heterocycles. The van der Waals surface area contributed by atoms with Crippen LogP contribution in [0.2, 0.25) is 0 Å². The fraction of sp³-hybridized carbons (Fsp3) is 0.368. The molecule has 110 valence electrons. The van der Waals surface area contributed by atoms with Crippen LogP contribution in [0, 0.1) is 0 Å². The second kappa shape index (κ2) is 6.88. The van der Waals surface area contributed by atoms with Gasteiger partial charge >= 0.3 is 0 Å². The number of benzene rings is 2. The first-order chi connectivity index (χ1) is 10.3. The van der Waals surface area contributed by atoms with Crippen molar-refractivity contribution < 1.29 is 4.74 Å². The third kappa shape index (κ3) is 3.72. The van der Waals surface area contributed by atoms with E-state index in [-0.39, 0.29) is 0 Å². The summed E-state index contributed by atoms with van der Waals surface area (Å²) in [6, 6.07) is 20.4. The topological polar surface area (TPSA) is 21.3 Å². The third-order valence-corrected chi connectivity index (χ3v) is 4.22. The average Bonchev–Trinajstić information content (AvgIpc) is 2.57. The van der Waals surface area contributed by atoms with Crippen molar-refractivity contribution >= 4 is 0 Å². The zero-order valence-electron chi connectivity index (χ0n) is 12.6. The monoisotopic (exact) mass is 281 g/mol. The first kappa shape index (κ1) is 14.3. The van der Waals surface area contributed by atoms with Gasteiger partial charge in [0.2, 0.25) is 0 Å². The molecule has 0 saturated carbocycles. The maximum absolute atomic E-state index is 5.41. The van der Waals surface area contributed by atoms with Crippen LogP contribution < -0.4 is 5.32 Å². The molecule has 0 aromatic heterocycles. The van der Waals surface area contributed by atoms with Crippen LogP contribution in [0.3, 0.4) is 0 Å². The minimum absolute atomic E-state index is 0.387. The standard InChI is InChI=1S/C19H23NO/c1-15(20-19-11-13-21-14-12-19)16-7-9-18(10-8-16)17-5-3-2-4-6-17/h2-10,15,19-20H,11-14H2,1H3. The molecule has 1 heterocycles. The fourth-order valence-corrected chi connectivity index (χ4v) is 2.91. The molecule has 1 saturated heterocycles. The molecule has 0 aliphatic carbocycles. The molecule has 3 rings (SSSR count). The van der Waals surface area contributed by atoms with Gasteiger partial charge in [-0.25, -0.2) is 0 Å². The zero-order chi connectivity index (χ0) is 14.5. The van der Waals surface area contributed by atoms with Gasteiger partial charge in [0.1, 0.15) is 0 Å². The number of hydrogen-bond donors (Lipinski definition) is 1. The van der Waals surface area contributed by atoms with Crippen molar-refractivity contribution in [3.8, 4) is 11.1 Å². The molecule has 1 aliphatic rings. The van der Waals surface area contributed by atoms with Crippen LogP contribution in [0.15, 0.2) is 54.6 Å². The number of hydrogen-bond acceptors (Lipinski definition) is 2. The van der Waals surface area contributed by atoms with Gasteiger partial charge in [0, 0.05) is 25.3 Å². The van der Waals surface area contributed by atoms with E-state index in [4.69, 9.17) is 4.74 Å². The van der Waals surface area contributed by atoms with Gasteiger partial charge in [0.15, 0.2) is 0 Å². The Balaban J connectivity index is 1.66. The molecule has 0 spiro atoms. The van der Waals surface area contributed by atoms with Crippen LogP contribution in [0.5, 0.6) is 0 Å². The van der Waals surface area contributed by atoms with Gasteiger partial charge in [-0.05, 0) is 36.5 Å². The van der Waals surface area contributed by atoms with Crippen molar-refractivity contribution in [3.05, 3.63) is 60.2 Å². The van der Waals surface area contributed by atoms with Crippen molar-refractivity contribution in [3.63, 3.8) is 0 Å². The normalized spacial score (nSPS) is 17.6. The van der Waals surface area contributed by atoms with Crippen molar-refractivity contribution in [2.24, 2.45) is 0 Å². The van der Waals surface area contributed by atoms with Gasteiger partial charge in [-0.2, -0.15) is 0 Å². The Hall–Kier alpha value is -1.64. The summed E-state index contributed by atoms with van der Waals surface area (Å²) in [6.45, 7) is 4.02. The van der Waals surface area contributed by atoms with Crippen LogP contribution >= 0.6 is 0 Å². The van der Waals surface area contributed by atoms with E-state index in [2.05, 4.69) is 66.8 Å². The molecule has 0 amide bonds. The summed E-state index contributed by atoms with van der Waals surface area (Å²) in [6.07, 6.45) is 2.23. The third-order valence-electron chi connectivity index (χ3n) is 4.22. The maximum atomic E-state index is 5.41. The molecule has 21 heavy (non-hydrogen) atoms. The van der Waals surface area contributed by atoms with E-state index >= 15 is 0 Å². The molecule has 2 nitrogen and oxygen atoms in total. The highest BCUT2D eigenvalue weighted by Crippen LogP contribution is 2.22. The second-order valence-corrected chi connectivity index (χ2v) is 5.76. The maximum Gasteiger partial charge on any atom is 0.0480 e. The van der Waals surface area contributed by atoms with E-state index in [9.17, 15) is 0 Å². The summed E-state index contributed by atoms with van der Waals surface area (Å²) >= 11 is 0. The lowest BCUT2D eigenvalue weighted by atomic mass is 10.00. The molecule has 2 aromatic rings. The summed E-state index contributed by atoms with van der Waals surface area (Å²) in [5, 5.41) is 3.71. The molecule has 0 radical (unpaired) electrons. The highest BCUT2D eigenvalue weighted by Gasteiger charge is 2.16. The lowest BCUT2D eigenvalue weighted by Gasteiger charge is -2.27. The first-order valence-corrected chi connectivity index (χ1v) is 7.82. The van der Waals surface area contributed by atoms with E-state index in [1.54, 1.807) is 0 Å². The number of nitrogens with one attached hydrogen (secondary N) is 1. The van der Waals surface area contributed by atoms with Crippen molar-refractivity contribution in [1.29, 1.82) is 0 Å². The lowest BCUT2D eigenvalue weighted by molar-refractivity contribution is 0.0754. The summed E-state index contributed by atoms with van der Waals surface area (Å²) < 4.78 is 5.41. The fourth-order valence-electron chi connectivity index (χ4n) is 2.91. The Bertz CT molecular complexity index is 544. The highest BCUT2D eigenvalue weighted by atomic mass is 16.5. The minimum atomic E-state index is 0.387. The molecular weight excluding hydrogens is 258 g/mol. The Morgan fingerprint density at radius 2 is 1.52 bits per heavy atom. The molecule has 1 atom stereocenters. The van der Waals surface area contributed by atoms with Gasteiger partial charge < -0.3 is 10.1 Å². The molecule has 2 aromatic carbocycles. The average molecular weight is 281 g/mol. The van der Waals surface area contributed by atoms with Crippen LogP contribution in [0.1, 0.15) is 31.4 Å². The molecule has 1 N–H and O–H groups in total. The largest absolute Gasteiger partial charge is 0.381 e. The highest BCUT2D eigenvalue weighted by molar-refractivity contribution is 5.63. The number of rotatable bonds is 4. The van der Waals surface area contributed by atoms with Crippen LogP contribution in [0.25, 0.3) is 11.1 Å². The van der Waals surface area contributed by atoms with E-state index in [1.165, 1.54) is 16.7 Å². The summed E-state index contributed by atoms with van der Waals surface area (Å²) in [5.41, 5.74) is 3.90. The van der Waals surface area contributed by atoms with Gasteiger partial charge in [0.05, 0.1) is 0 Å². The summed E-state index contributed by atoms with van der Waals surface area (Å²) in [5.74, 6) is 0. The van der Waals surface area contributed by atoms with Gasteiger partial charge in [-0.1, -0.05) is 54.6 Å². The van der Waals surface area contributed by atoms with E-state index in [0.29, 0.717) is 12.1 Å². The van der Waals surface area contributed by atoms with Crippen molar-refractivity contribution in [2.45, 2.75) is 31.8 Å². The van der Waals surface area contributed by atoms with Crippen LogP contribution in [-0.2, 0) is 4.74 Å². The predicted octanol–water partition coefficient (Wildman–Crippen LogP) is 4.18. The minimum Gasteiger partial charge on any atom is -0.381 e. The Kier molecular flexibility index (Phi) is 4.69. The van der Waals surface area contributed by atoms with E-state index in [0.717, 1.165) is 26.1 Å². The summed E-state index contributed by atoms with van der Waals surface area (Å²) in [4.78, 5) is 0. The zero-order valence-corrected chi connectivity index (χ0v) is 12.6. The number of ether oxygens (including phenoxy) is 1. The molecule has 0 bridgehead atoms. The Morgan fingerprint density at radius 1 is 0.905 bits per heavy atom. The van der Waals surface area contributed by atoms with E-state index < -0.39 is 0 Å². The predicted molar refractivity (Wildman–Crippen MR) is 87.3 cm³/mol. The van der Waals surface area contributed by atoms with Crippen LogP contribution in [0.4, 0.5) is 0 Å². The Labute approximate surface area is 127 Å². The van der Waals surface area contributed by atoms with Crippen molar-refractivity contribution in [1.82, 2.24) is 5.32 Å². The molecular formula is C19H23NO. The van der Waals surface area contributed by atoms with E-state index in [1.807, 2.05) is 0 Å². The Morgan fingerprint density at radius 3 is 2.19 bits per heavy atom. The van der Waals surface area contributed by atoms with Gasteiger partial charge in [-0.3, -0.25) is 0 Å². The molecule has 1 fully saturated rings. The molecule has 2 heteroatoms. The van der Waals surface area contributed by atoms with Crippen LogP contribution in [-0.4, -0.2) is 19.3 Å². The SMILES string of the molecule is CC(NC1CCOCC1)c1ccc(-c2ccccc2)cc1. The lowest BCUT2D eigenvalue weighted by Crippen LogP contribution is -2.36. The first-order valence-electron chi connectivity index (χ1n) is 7.82. The summed E-state index contributed by atoms with van der Waals surface area (Å²) in [7, 11) is 0. The quantitative estimate of drug-likeness (QED) is 0.907. The molecule has 1 unspecified atom stereocenters. The second-order valence-electron chi connectivity index (χ2n) is 5.76. The van der Waals surface area contributed by atoms with Gasteiger partial charge in [0.25, 0.3) is 0 Å².